The Bertz CT molecular complexity index is 522. The predicted octanol–water partition coefficient (Wildman–Crippen LogP) is 1.87. The van der Waals surface area contributed by atoms with Crippen molar-refractivity contribution in [3.63, 3.8) is 0 Å². The van der Waals surface area contributed by atoms with Crippen LogP contribution in [0.1, 0.15) is 0 Å². The molecule has 1 amide bonds. The summed E-state index contributed by atoms with van der Waals surface area (Å²) in [6.45, 7) is 2.85. The summed E-state index contributed by atoms with van der Waals surface area (Å²) < 4.78 is 24.4. The fourth-order valence-electron chi connectivity index (χ4n) is 2.38. The summed E-state index contributed by atoms with van der Waals surface area (Å²) in [4.78, 5) is 14.9. The van der Waals surface area contributed by atoms with Gasteiger partial charge in [0, 0.05) is 13.1 Å². The van der Waals surface area contributed by atoms with Crippen molar-refractivity contribution in [2.24, 2.45) is 0 Å². The molecule has 2 saturated heterocycles. The highest BCUT2D eigenvalue weighted by molar-refractivity contribution is 7.80. The number of thiol groups is 1. The molecule has 2 aliphatic heterocycles. The van der Waals surface area contributed by atoms with E-state index in [4.69, 9.17) is 9.47 Å². The van der Waals surface area contributed by atoms with Crippen LogP contribution in [-0.4, -0.2) is 44.4 Å². The molecule has 1 aromatic carbocycles. The molecule has 5 nitrogen and oxygen atoms in total. The second-order valence-electron chi connectivity index (χ2n) is 4.68. The van der Waals surface area contributed by atoms with Crippen LogP contribution < -0.4 is 9.80 Å². The zero-order valence-electron chi connectivity index (χ0n) is 10.8. The van der Waals surface area contributed by atoms with Crippen LogP contribution >= 0.6 is 12.6 Å². The molecule has 0 N–H and O–H groups in total. The minimum Gasteiger partial charge on any atom is -0.433 e. The third-order valence-corrected chi connectivity index (χ3v) is 3.66. The zero-order chi connectivity index (χ0) is 14.1. The Labute approximate surface area is 121 Å². The number of benzene rings is 1. The lowest BCUT2D eigenvalue weighted by Crippen LogP contribution is -2.36. The summed E-state index contributed by atoms with van der Waals surface area (Å²) >= 11 is 4.09. The van der Waals surface area contributed by atoms with Crippen LogP contribution in [0.5, 0.6) is 0 Å². The number of carbonyl (C=O) groups is 1. The van der Waals surface area contributed by atoms with Crippen molar-refractivity contribution in [3.05, 3.63) is 24.0 Å². The van der Waals surface area contributed by atoms with E-state index >= 15 is 0 Å². The highest BCUT2D eigenvalue weighted by Crippen LogP contribution is 2.28. The van der Waals surface area contributed by atoms with Crippen molar-refractivity contribution in [1.82, 2.24) is 0 Å². The van der Waals surface area contributed by atoms with Crippen molar-refractivity contribution >= 4 is 30.1 Å². The van der Waals surface area contributed by atoms with Gasteiger partial charge in [0.15, 0.2) is 5.44 Å². The van der Waals surface area contributed by atoms with Crippen molar-refractivity contribution in [2.45, 2.75) is 5.44 Å². The second kappa shape index (κ2) is 5.49. The molecule has 0 saturated carbocycles. The summed E-state index contributed by atoms with van der Waals surface area (Å²) in [7, 11) is 0. The molecule has 0 radical (unpaired) electrons. The summed E-state index contributed by atoms with van der Waals surface area (Å²) in [5, 5.41) is 0. The van der Waals surface area contributed by atoms with Gasteiger partial charge in [-0.25, -0.2) is 9.18 Å². The van der Waals surface area contributed by atoms with Gasteiger partial charge in [-0.15, -0.1) is 12.6 Å². The SMILES string of the molecule is O=C1O[C@@H](S)CN1c1ccc(N2CCOCC2)c(F)c1. The number of anilines is 2. The molecule has 20 heavy (non-hydrogen) atoms. The number of halogens is 1. The standard InChI is InChI=1S/C13H15FN2O3S/c14-10-7-9(16-8-12(20)19-13(16)17)1-2-11(10)15-3-5-18-6-4-15/h1-2,7,12,20H,3-6,8H2/t12-/m0/s1. The van der Waals surface area contributed by atoms with Gasteiger partial charge in [0.2, 0.25) is 0 Å². The van der Waals surface area contributed by atoms with Crippen molar-refractivity contribution in [1.29, 1.82) is 0 Å². The fraction of sp³-hybridized carbons (Fsp3) is 0.462. The smallest absolute Gasteiger partial charge is 0.415 e. The first-order valence-corrected chi connectivity index (χ1v) is 6.95. The van der Waals surface area contributed by atoms with Crippen molar-refractivity contribution in [3.8, 4) is 0 Å². The molecule has 108 valence electrons. The van der Waals surface area contributed by atoms with E-state index in [1.54, 1.807) is 12.1 Å². The minimum atomic E-state index is -0.497. The summed E-state index contributed by atoms with van der Waals surface area (Å²) in [5.41, 5.74) is 0.553. The second-order valence-corrected chi connectivity index (χ2v) is 5.26. The van der Waals surface area contributed by atoms with Gasteiger partial charge < -0.3 is 14.4 Å². The normalized spacial score (nSPS) is 23.1. The Kier molecular flexibility index (Phi) is 3.71. The monoisotopic (exact) mass is 298 g/mol. The molecule has 7 heteroatoms. The van der Waals surface area contributed by atoms with Crippen LogP contribution in [0.3, 0.4) is 0 Å². The van der Waals surface area contributed by atoms with Gasteiger partial charge in [-0.3, -0.25) is 4.90 Å². The maximum absolute atomic E-state index is 14.2. The van der Waals surface area contributed by atoms with Crippen LogP contribution in [-0.2, 0) is 9.47 Å². The van der Waals surface area contributed by atoms with Gasteiger partial charge in [0.05, 0.1) is 31.1 Å². The van der Waals surface area contributed by atoms with Gasteiger partial charge >= 0.3 is 6.09 Å². The highest BCUT2D eigenvalue weighted by atomic mass is 32.1. The minimum absolute atomic E-state index is 0.318. The Balaban J connectivity index is 1.82. The Morgan fingerprint density at radius 3 is 2.65 bits per heavy atom. The summed E-state index contributed by atoms with van der Waals surface area (Å²) in [6, 6.07) is 4.77. The lowest BCUT2D eigenvalue weighted by Gasteiger charge is -2.29. The van der Waals surface area contributed by atoms with Crippen LogP contribution in [0, 0.1) is 5.82 Å². The molecular weight excluding hydrogens is 283 g/mol. The first-order valence-electron chi connectivity index (χ1n) is 6.43. The van der Waals surface area contributed by atoms with E-state index in [1.807, 2.05) is 4.90 Å². The Morgan fingerprint density at radius 2 is 2.05 bits per heavy atom. The fourth-order valence-corrected chi connectivity index (χ4v) is 2.64. The maximum Gasteiger partial charge on any atom is 0.415 e. The van der Waals surface area contributed by atoms with E-state index in [1.165, 1.54) is 11.0 Å². The average Bonchev–Trinajstić information content (AvgIpc) is 2.78. The van der Waals surface area contributed by atoms with Crippen LogP contribution in [0.15, 0.2) is 18.2 Å². The molecule has 1 aromatic rings. The number of ether oxygens (including phenoxy) is 2. The average molecular weight is 298 g/mol. The Morgan fingerprint density at radius 1 is 1.30 bits per heavy atom. The molecule has 0 unspecified atom stereocenters. The lowest BCUT2D eigenvalue weighted by molar-refractivity contribution is 0.122. The topological polar surface area (TPSA) is 42.0 Å². The van der Waals surface area contributed by atoms with Gasteiger partial charge in [0.25, 0.3) is 0 Å². The molecule has 0 spiro atoms. The predicted molar refractivity (Wildman–Crippen MR) is 76.0 cm³/mol. The number of cyclic esters (lactones) is 1. The van der Waals surface area contributed by atoms with Gasteiger partial charge in [0.1, 0.15) is 5.82 Å². The van der Waals surface area contributed by atoms with Gasteiger partial charge in [-0.05, 0) is 18.2 Å². The molecule has 2 fully saturated rings. The molecule has 2 aliphatic rings. The van der Waals surface area contributed by atoms with Crippen molar-refractivity contribution < 1.29 is 18.7 Å². The Hall–Kier alpha value is -1.47. The summed E-state index contributed by atoms with van der Waals surface area (Å²) in [5.74, 6) is -0.347. The molecule has 0 bridgehead atoms. The number of nitrogens with zero attached hydrogens (tertiary/aromatic N) is 2. The number of amides is 1. The number of rotatable bonds is 2. The van der Waals surface area contributed by atoms with E-state index in [0.29, 0.717) is 44.2 Å². The molecular formula is C13H15FN2O3S. The van der Waals surface area contributed by atoms with Crippen LogP contribution in [0.25, 0.3) is 0 Å². The molecule has 0 aromatic heterocycles. The van der Waals surface area contributed by atoms with Gasteiger partial charge in [-0.2, -0.15) is 0 Å². The maximum atomic E-state index is 14.2. The number of morpholine rings is 1. The van der Waals surface area contributed by atoms with E-state index in [2.05, 4.69) is 12.6 Å². The van der Waals surface area contributed by atoms with E-state index in [9.17, 15) is 9.18 Å². The van der Waals surface area contributed by atoms with Crippen LogP contribution in [0.4, 0.5) is 20.6 Å². The number of hydrogen-bond acceptors (Lipinski definition) is 5. The third-order valence-electron chi connectivity index (χ3n) is 3.39. The molecule has 3 rings (SSSR count). The molecule has 0 aliphatic carbocycles. The highest BCUT2D eigenvalue weighted by Gasteiger charge is 2.30. The third kappa shape index (κ3) is 2.55. The van der Waals surface area contributed by atoms with Crippen LogP contribution in [0.2, 0.25) is 0 Å². The van der Waals surface area contributed by atoms with Gasteiger partial charge in [-0.1, -0.05) is 0 Å². The van der Waals surface area contributed by atoms with E-state index in [0.717, 1.165) is 0 Å². The summed E-state index contributed by atoms with van der Waals surface area (Å²) in [6.07, 6.45) is -0.497. The number of carbonyl (C=O) groups excluding carboxylic acids is 1. The van der Waals surface area contributed by atoms with Crippen molar-refractivity contribution in [2.75, 3.05) is 42.6 Å². The quantitative estimate of drug-likeness (QED) is 0.847. The largest absolute Gasteiger partial charge is 0.433 e. The first kappa shape index (κ1) is 13.5. The first-order chi connectivity index (χ1) is 9.65. The zero-order valence-corrected chi connectivity index (χ0v) is 11.7. The molecule has 2 heterocycles. The molecule has 1 atom stereocenters. The van der Waals surface area contributed by atoms with E-state index < -0.39 is 11.5 Å². The van der Waals surface area contributed by atoms with E-state index in [-0.39, 0.29) is 5.82 Å². The number of hydrogen-bond donors (Lipinski definition) is 1. The lowest BCUT2D eigenvalue weighted by atomic mass is 10.2.